The van der Waals surface area contributed by atoms with Gasteiger partial charge in [-0.2, -0.15) is 0 Å². The highest BCUT2D eigenvalue weighted by Gasteiger charge is 2.19. The van der Waals surface area contributed by atoms with E-state index < -0.39 is 26.3 Å². The lowest BCUT2D eigenvalue weighted by Gasteiger charge is -2.13. The number of phosphoric acid groups is 1. The minimum atomic E-state index is -4.72. The van der Waals surface area contributed by atoms with Crippen molar-refractivity contribution in [3.8, 4) is 5.75 Å². The number of nitrogens with one attached hydrogen (secondary N) is 1. The van der Waals surface area contributed by atoms with Crippen molar-refractivity contribution in [3.63, 3.8) is 0 Å². The van der Waals surface area contributed by atoms with E-state index in [4.69, 9.17) is 14.9 Å². The number of carbonyl (C=O) groups is 2. The summed E-state index contributed by atoms with van der Waals surface area (Å²) in [4.78, 5) is 42.5. The molecule has 21 heavy (non-hydrogen) atoms. The Balaban J connectivity index is 2.98. The van der Waals surface area contributed by atoms with Crippen LogP contribution in [0, 0.1) is 6.92 Å². The number of carboxylic acid groups (broad SMARTS) is 1. The van der Waals surface area contributed by atoms with E-state index in [1.807, 2.05) is 5.32 Å². The second kappa shape index (κ2) is 6.64. The van der Waals surface area contributed by atoms with Crippen molar-refractivity contribution >= 4 is 19.7 Å². The zero-order valence-corrected chi connectivity index (χ0v) is 11.7. The molecule has 0 saturated carbocycles. The number of hydrogen-bond acceptors (Lipinski definition) is 6. The standard InChI is InChI=1S/C10H13N2O8P/c1-5-8(13)7(3-12-9(14)10(15)16)6(2-11-5)4-20-21(17,18)19/h2,13H,3-4H2,1H3,(H,12,14)(H,15,16)(H2,17,18,19). The molecule has 0 bridgehead atoms. The number of nitrogens with zero attached hydrogens (tertiary/aromatic N) is 1. The molecule has 5 N–H and O–H groups in total. The number of aliphatic carboxylic acids is 1. The summed E-state index contributed by atoms with van der Waals surface area (Å²) in [5.41, 5.74) is 0.368. The van der Waals surface area contributed by atoms with Crippen molar-refractivity contribution in [2.75, 3.05) is 0 Å². The van der Waals surface area contributed by atoms with Crippen LogP contribution in [-0.2, 0) is 31.8 Å². The van der Waals surface area contributed by atoms with Gasteiger partial charge in [0.1, 0.15) is 5.75 Å². The van der Waals surface area contributed by atoms with Crippen LogP contribution in [-0.4, -0.2) is 36.9 Å². The molecule has 1 aromatic rings. The number of phosphoric ester groups is 1. The summed E-state index contributed by atoms with van der Waals surface area (Å²) >= 11 is 0. The average molecular weight is 320 g/mol. The molecular formula is C10H13N2O8P. The summed E-state index contributed by atoms with van der Waals surface area (Å²) in [6.45, 7) is 0.537. The third-order valence-electron chi connectivity index (χ3n) is 2.44. The molecule has 0 radical (unpaired) electrons. The van der Waals surface area contributed by atoms with E-state index in [0.29, 0.717) is 0 Å². The van der Waals surface area contributed by atoms with Crippen LogP contribution in [0.4, 0.5) is 0 Å². The Kier molecular flexibility index (Phi) is 5.39. The van der Waals surface area contributed by atoms with Crippen molar-refractivity contribution in [3.05, 3.63) is 23.0 Å². The van der Waals surface area contributed by atoms with Gasteiger partial charge in [-0.25, -0.2) is 9.36 Å². The molecule has 1 amide bonds. The number of carbonyl (C=O) groups excluding carboxylic acids is 1. The van der Waals surface area contributed by atoms with Crippen molar-refractivity contribution in [2.24, 2.45) is 0 Å². The Labute approximate surface area is 118 Å². The Morgan fingerprint density at radius 2 is 2.05 bits per heavy atom. The topological polar surface area (TPSA) is 166 Å². The number of pyridine rings is 1. The summed E-state index contributed by atoms with van der Waals surface area (Å²) in [6, 6.07) is 0. The van der Waals surface area contributed by atoms with Gasteiger partial charge in [0.05, 0.1) is 12.3 Å². The summed E-state index contributed by atoms with van der Waals surface area (Å²) in [5.74, 6) is -3.31. The van der Waals surface area contributed by atoms with Gasteiger partial charge in [0.15, 0.2) is 0 Å². The molecule has 1 heterocycles. The van der Waals surface area contributed by atoms with E-state index in [-0.39, 0.29) is 29.1 Å². The van der Waals surface area contributed by atoms with Crippen LogP contribution in [0.1, 0.15) is 16.8 Å². The minimum absolute atomic E-state index is 0.0607. The Morgan fingerprint density at radius 1 is 1.43 bits per heavy atom. The fourth-order valence-corrected chi connectivity index (χ4v) is 1.71. The third-order valence-corrected chi connectivity index (χ3v) is 2.90. The molecule has 1 aromatic heterocycles. The fourth-order valence-electron chi connectivity index (χ4n) is 1.40. The SMILES string of the molecule is Cc1ncc(COP(=O)(O)O)c(CNC(=O)C(=O)O)c1O. The van der Waals surface area contributed by atoms with E-state index in [0.717, 1.165) is 0 Å². The first kappa shape index (κ1) is 17.1. The van der Waals surface area contributed by atoms with Gasteiger partial charge in [-0.3, -0.25) is 14.3 Å². The van der Waals surface area contributed by atoms with Gasteiger partial charge in [0.25, 0.3) is 0 Å². The van der Waals surface area contributed by atoms with Crippen molar-refractivity contribution in [1.82, 2.24) is 10.3 Å². The first-order valence-electron chi connectivity index (χ1n) is 5.49. The fraction of sp³-hybridized carbons (Fsp3) is 0.300. The molecule has 0 aliphatic carbocycles. The highest BCUT2D eigenvalue weighted by molar-refractivity contribution is 7.46. The van der Waals surface area contributed by atoms with Gasteiger partial charge in [-0.1, -0.05) is 0 Å². The summed E-state index contributed by atoms with van der Waals surface area (Å²) in [5, 5.41) is 20.3. The van der Waals surface area contributed by atoms with Crippen LogP contribution in [0.2, 0.25) is 0 Å². The van der Waals surface area contributed by atoms with Crippen LogP contribution in [0.3, 0.4) is 0 Å². The molecule has 10 nitrogen and oxygen atoms in total. The van der Waals surface area contributed by atoms with Crippen molar-refractivity contribution in [1.29, 1.82) is 0 Å². The number of aromatic nitrogens is 1. The first-order chi connectivity index (χ1) is 9.61. The zero-order valence-electron chi connectivity index (χ0n) is 10.8. The highest BCUT2D eigenvalue weighted by atomic mass is 31.2. The number of aryl methyl sites for hydroxylation is 1. The molecule has 0 aliphatic heterocycles. The van der Waals surface area contributed by atoms with Gasteiger partial charge in [-0.05, 0) is 6.92 Å². The van der Waals surface area contributed by atoms with Crippen LogP contribution < -0.4 is 5.32 Å². The lowest BCUT2D eigenvalue weighted by atomic mass is 10.1. The van der Waals surface area contributed by atoms with Gasteiger partial charge in [0, 0.05) is 23.9 Å². The molecule has 0 atom stereocenters. The molecule has 11 heteroatoms. The number of amides is 1. The Morgan fingerprint density at radius 3 is 2.57 bits per heavy atom. The number of rotatable bonds is 5. The third kappa shape index (κ3) is 5.12. The zero-order chi connectivity index (χ0) is 16.2. The quantitative estimate of drug-likeness (QED) is 0.352. The normalized spacial score (nSPS) is 11.2. The molecule has 0 unspecified atom stereocenters. The van der Waals surface area contributed by atoms with Gasteiger partial charge in [-0.15, -0.1) is 0 Å². The van der Waals surface area contributed by atoms with Crippen LogP contribution in [0.25, 0.3) is 0 Å². The molecule has 116 valence electrons. The molecule has 1 rings (SSSR count). The Bertz CT molecular complexity index is 611. The lowest BCUT2D eigenvalue weighted by molar-refractivity contribution is -0.150. The lowest BCUT2D eigenvalue weighted by Crippen LogP contribution is -2.30. The molecular weight excluding hydrogens is 307 g/mol. The molecule has 0 spiro atoms. The second-order valence-electron chi connectivity index (χ2n) is 3.95. The van der Waals surface area contributed by atoms with E-state index in [1.54, 1.807) is 0 Å². The van der Waals surface area contributed by atoms with E-state index in [9.17, 15) is 19.3 Å². The number of carboxylic acids is 1. The van der Waals surface area contributed by atoms with E-state index in [2.05, 4.69) is 9.51 Å². The average Bonchev–Trinajstić information content (AvgIpc) is 2.37. The molecule has 0 aliphatic rings. The van der Waals surface area contributed by atoms with Gasteiger partial charge >= 0.3 is 19.7 Å². The number of aromatic hydroxyl groups is 1. The summed E-state index contributed by atoms with van der Waals surface area (Å²) < 4.78 is 15.0. The van der Waals surface area contributed by atoms with Gasteiger partial charge < -0.3 is 25.3 Å². The predicted octanol–water partition coefficient (Wildman–Crippen LogP) is -0.594. The minimum Gasteiger partial charge on any atom is -0.506 e. The molecule has 0 fully saturated rings. The Hall–Kier alpha value is -2.00. The second-order valence-corrected chi connectivity index (χ2v) is 5.19. The highest BCUT2D eigenvalue weighted by Crippen LogP contribution is 2.38. The van der Waals surface area contributed by atoms with E-state index >= 15 is 0 Å². The van der Waals surface area contributed by atoms with Crippen molar-refractivity contribution in [2.45, 2.75) is 20.1 Å². The van der Waals surface area contributed by atoms with Gasteiger partial charge in [0.2, 0.25) is 0 Å². The maximum Gasteiger partial charge on any atom is 0.469 e. The maximum atomic E-state index is 11.0. The summed E-state index contributed by atoms with van der Waals surface area (Å²) in [7, 11) is -4.72. The first-order valence-corrected chi connectivity index (χ1v) is 7.02. The van der Waals surface area contributed by atoms with Crippen LogP contribution in [0.15, 0.2) is 6.20 Å². The monoisotopic (exact) mass is 320 g/mol. The number of hydrogen-bond donors (Lipinski definition) is 5. The summed E-state index contributed by atoms with van der Waals surface area (Å²) in [6.07, 6.45) is 1.20. The predicted molar refractivity (Wildman–Crippen MR) is 67.0 cm³/mol. The van der Waals surface area contributed by atoms with E-state index in [1.165, 1.54) is 13.1 Å². The maximum absolute atomic E-state index is 11.0. The van der Waals surface area contributed by atoms with Crippen LogP contribution >= 0.6 is 7.82 Å². The van der Waals surface area contributed by atoms with Crippen LogP contribution in [0.5, 0.6) is 5.75 Å². The van der Waals surface area contributed by atoms with Crippen molar-refractivity contribution < 1.29 is 38.7 Å². The largest absolute Gasteiger partial charge is 0.506 e. The molecule has 0 saturated heterocycles. The smallest absolute Gasteiger partial charge is 0.469 e. The molecule has 0 aromatic carbocycles.